The van der Waals surface area contributed by atoms with E-state index in [9.17, 15) is 18.0 Å². The molecule has 114 valence electrons. The summed E-state index contributed by atoms with van der Waals surface area (Å²) in [6.45, 7) is 1.36. The van der Waals surface area contributed by atoms with Crippen molar-refractivity contribution in [3.05, 3.63) is 18.2 Å². The molecule has 1 aromatic carbocycles. The number of anilines is 1. The third kappa shape index (κ3) is 3.56. The summed E-state index contributed by atoms with van der Waals surface area (Å²) in [7, 11) is -3.74. The van der Waals surface area contributed by atoms with Crippen LogP contribution in [0.3, 0.4) is 0 Å². The largest absolute Gasteiger partial charge is 0.481 e. The Morgan fingerprint density at radius 1 is 1.48 bits per heavy atom. The van der Waals surface area contributed by atoms with Gasteiger partial charge in [0.05, 0.1) is 22.3 Å². The number of thioether (sulfide) groups is 1. The van der Waals surface area contributed by atoms with Crippen LogP contribution >= 0.6 is 11.8 Å². The maximum absolute atomic E-state index is 12.3. The Labute approximate surface area is 126 Å². The van der Waals surface area contributed by atoms with E-state index in [0.717, 1.165) is 4.90 Å². The van der Waals surface area contributed by atoms with Crippen LogP contribution in [0.15, 0.2) is 28.0 Å². The number of carbonyl (C=O) groups excluding carboxylic acids is 1. The maximum atomic E-state index is 12.3. The van der Waals surface area contributed by atoms with Crippen LogP contribution in [0.4, 0.5) is 5.69 Å². The van der Waals surface area contributed by atoms with E-state index in [-0.39, 0.29) is 10.8 Å². The molecule has 2 N–H and O–H groups in total. The number of carboxylic acids is 1. The first-order valence-corrected chi connectivity index (χ1v) is 8.86. The molecule has 2 rings (SSSR count). The second-order valence-corrected chi connectivity index (χ2v) is 8.26. The minimum atomic E-state index is -3.74. The Bertz CT molecular complexity index is 684. The Morgan fingerprint density at radius 2 is 2.19 bits per heavy atom. The molecular weight excluding hydrogens is 314 g/mol. The number of carbonyl (C=O) groups is 2. The summed E-state index contributed by atoms with van der Waals surface area (Å²) in [5, 5.41) is 10.4. The van der Waals surface area contributed by atoms with Crippen molar-refractivity contribution in [2.24, 2.45) is 0 Å². The first-order chi connectivity index (χ1) is 9.80. The monoisotopic (exact) mass is 329 g/mol. The SMILES string of the molecule is C[C@@H](CC(=O)O)S(=O)(=O)c1ccc2c(c1)NC(=O)CCS2. The molecule has 0 unspecified atom stereocenters. The summed E-state index contributed by atoms with van der Waals surface area (Å²) in [6, 6.07) is 4.50. The van der Waals surface area contributed by atoms with Gasteiger partial charge in [-0.15, -0.1) is 11.8 Å². The molecule has 1 aliphatic rings. The summed E-state index contributed by atoms with van der Waals surface area (Å²) in [5.41, 5.74) is 0.464. The van der Waals surface area contributed by atoms with Crippen LogP contribution in [0.25, 0.3) is 0 Å². The van der Waals surface area contributed by atoms with Crippen molar-refractivity contribution in [2.45, 2.75) is 34.8 Å². The van der Waals surface area contributed by atoms with Crippen LogP contribution in [-0.4, -0.2) is 36.4 Å². The lowest BCUT2D eigenvalue weighted by Crippen LogP contribution is -2.21. The first-order valence-electron chi connectivity index (χ1n) is 6.33. The molecule has 0 bridgehead atoms. The van der Waals surface area contributed by atoms with Crippen molar-refractivity contribution >= 4 is 39.2 Å². The number of fused-ring (bicyclic) bond motifs is 1. The molecule has 0 saturated carbocycles. The normalized spacial score (nSPS) is 16.5. The van der Waals surface area contributed by atoms with Crippen molar-refractivity contribution in [3.63, 3.8) is 0 Å². The number of hydrogen-bond acceptors (Lipinski definition) is 5. The number of carboxylic acid groups (broad SMARTS) is 1. The van der Waals surface area contributed by atoms with E-state index in [1.54, 1.807) is 6.07 Å². The molecule has 0 saturated heterocycles. The number of rotatable bonds is 4. The first kappa shape index (κ1) is 15.8. The predicted molar refractivity (Wildman–Crippen MR) is 79.3 cm³/mol. The average molecular weight is 329 g/mol. The van der Waals surface area contributed by atoms with Crippen molar-refractivity contribution < 1.29 is 23.1 Å². The van der Waals surface area contributed by atoms with E-state index >= 15 is 0 Å². The minimum absolute atomic E-state index is 0.0257. The van der Waals surface area contributed by atoms with E-state index in [4.69, 9.17) is 5.11 Å². The lowest BCUT2D eigenvalue weighted by atomic mass is 10.3. The van der Waals surface area contributed by atoms with Crippen LogP contribution in [-0.2, 0) is 19.4 Å². The predicted octanol–water partition coefficient (Wildman–Crippen LogP) is 1.76. The Balaban J connectivity index is 2.37. The number of amides is 1. The van der Waals surface area contributed by atoms with Crippen LogP contribution < -0.4 is 5.32 Å². The number of nitrogens with one attached hydrogen (secondary N) is 1. The van der Waals surface area contributed by atoms with E-state index in [2.05, 4.69) is 5.32 Å². The fourth-order valence-corrected chi connectivity index (χ4v) is 4.27. The summed E-state index contributed by atoms with van der Waals surface area (Å²) in [4.78, 5) is 23.1. The smallest absolute Gasteiger partial charge is 0.304 e. The van der Waals surface area contributed by atoms with Crippen LogP contribution in [0.5, 0.6) is 0 Å². The van der Waals surface area contributed by atoms with Gasteiger partial charge < -0.3 is 10.4 Å². The van der Waals surface area contributed by atoms with Crippen LogP contribution in [0, 0.1) is 0 Å². The number of hydrogen-bond donors (Lipinski definition) is 2. The lowest BCUT2D eigenvalue weighted by molar-refractivity contribution is -0.137. The highest BCUT2D eigenvalue weighted by atomic mass is 32.2. The second kappa shape index (κ2) is 6.07. The van der Waals surface area contributed by atoms with E-state index in [1.807, 2.05) is 0 Å². The molecule has 0 fully saturated rings. The molecule has 0 radical (unpaired) electrons. The number of sulfone groups is 1. The maximum Gasteiger partial charge on any atom is 0.304 e. The number of aliphatic carboxylic acids is 1. The van der Waals surface area contributed by atoms with Crippen LogP contribution in [0.2, 0.25) is 0 Å². The van der Waals surface area contributed by atoms with E-state index in [1.165, 1.54) is 30.8 Å². The molecule has 6 nitrogen and oxygen atoms in total. The van der Waals surface area contributed by atoms with Gasteiger partial charge in [-0.1, -0.05) is 0 Å². The van der Waals surface area contributed by atoms with E-state index < -0.39 is 27.5 Å². The van der Waals surface area contributed by atoms with Gasteiger partial charge >= 0.3 is 5.97 Å². The highest BCUT2D eigenvalue weighted by Crippen LogP contribution is 2.33. The minimum Gasteiger partial charge on any atom is -0.481 e. The summed E-state index contributed by atoms with van der Waals surface area (Å²) >= 11 is 1.48. The molecule has 21 heavy (non-hydrogen) atoms. The van der Waals surface area contributed by atoms with Crippen molar-refractivity contribution in [2.75, 3.05) is 11.1 Å². The van der Waals surface area contributed by atoms with Gasteiger partial charge in [-0.2, -0.15) is 0 Å². The summed E-state index contributed by atoms with van der Waals surface area (Å²) < 4.78 is 24.7. The van der Waals surface area contributed by atoms with Gasteiger partial charge in [0.2, 0.25) is 5.91 Å². The zero-order chi connectivity index (χ0) is 15.6. The standard InChI is InChI=1S/C13H15NO5S2/c1-8(6-13(16)17)21(18,19)9-2-3-11-10(7-9)14-12(15)4-5-20-11/h2-3,7-8H,4-6H2,1H3,(H,14,15)(H,16,17)/t8-/m0/s1. The van der Waals surface area contributed by atoms with Gasteiger partial charge in [0.15, 0.2) is 9.84 Å². The molecule has 0 aromatic heterocycles. The van der Waals surface area contributed by atoms with E-state index in [0.29, 0.717) is 17.9 Å². The second-order valence-electron chi connectivity index (χ2n) is 4.76. The number of benzene rings is 1. The van der Waals surface area contributed by atoms with Gasteiger partial charge in [-0.25, -0.2) is 8.42 Å². The molecule has 1 heterocycles. The fourth-order valence-electron chi connectivity index (χ4n) is 1.96. The zero-order valence-corrected chi connectivity index (χ0v) is 13.0. The fraction of sp³-hybridized carbons (Fsp3) is 0.385. The molecule has 1 aromatic rings. The highest BCUT2D eigenvalue weighted by Gasteiger charge is 2.27. The van der Waals surface area contributed by atoms with Gasteiger partial charge in [-0.05, 0) is 25.1 Å². The third-order valence-corrected chi connectivity index (χ3v) is 6.34. The molecule has 0 spiro atoms. The Hall–Kier alpha value is -1.54. The summed E-state index contributed by atoms with van der Waals surface area (Å²) in [5.74, 6) is -0.681. The van der Waals surface area contributed by atoms with Gasteiger partial charge in [0.1, 0.15) is 0 Å². The molecule has 1 aliphatic heterocycles. The van der Waals surface area contributed by atoms with Gasteiger partial charge in [-0.3, -0.25) is 9.59 Å². The molecule has 8 heteroatoms. The van der Waals surface area contributed by atoms with Gasteiger partial charge in [0, 0.05) is 17.1 Å². The third-order valence-electron chi connectivity index (χ3n) is 3.13. The zero-order valence-electron chi connectivity index (χ0n) is 11.3. The lowest BCUT2D eigenvalue weighted by Gasteiger charge is -2.13. The molecular formula is C13H15NO5S2. The van der Waals surface area contributed by atoms with Crippen molar-refractivity contribution in [1.29, 1.82) is 0 Å². The van der Waals surface area contributed by atoms with Crippen molar-refractivity contribution in [3.8, 4) is 0 Å². The topological polar surface area (TPSA) is 101 Å². The van der Waals surface area contributed by atoms with Crippen molar-refractivity contribution in [1.82, 2.24) is 0 Å². The van der Waals surface area contributed by atoms with Gasteiger partial charge in [0.25, 0.3) is 0 Å². The quantitative estimate of drug-likeness (QED) is 0.873. The Kier molecular flexibility index (Phi) is 4.58. The van der Waals surface area contributed by atoms with Crippen LogP contribution in [0.1, 0.15) is 19.8 Å². The molecule has 0 aliphatic carbocycles. The average Bonchev–Trinajstić information content (AvgIpc) is 2.57. The Morgan fingerprint density at radius 3 is 2.86 bits per heavy atom. The molecule has 1 amide bonds. The molecule has 1 atom stereocenters. The summed E-state index contributed by atoms with van der Waals surface area (Å²) in [6.07, 6.45) is -0.0859. The highest BCUT2D eigenvalue weighted by molar-refractivity contribution is 7.99.